The molecule has 0 aliphatic carbocycles. The Hall–Kier alpha value is -1.93. The molecule has 8 heteroatoms. The smallest absolute Gasteiger partial charge is 0.335 e. The fraction of sp³-hybridized carbons (Fsp3) is 0.500. The minimum Gasteiger partial charge on any atom is -0.478 e. The number of benzene rings is 1. The van der Waals surface area contributed by atoms with E-state index in [9.17, 15) is 18.0 Å². The molecule has 1 atom stereocenters. The van der Waals surface area contributed by atoms with Crippen LogP contribution in [0.3, 0.4) is 0 Å². The van der Waals surface area contributed by atoms with Crippen LogP contribution in [0.15, 0.2) is 24.3 Å². The highest BCUT2D eigenvalue weighted by molar-refractivity contribution is 7.89. The molecule has 3 N–H and O–H groups in total. The number of carbonyl (C=O) groups excluding carboxylic acids is 1. The maximum absolute atomic E-state index is 12.1. The lowest BCUT2D eigenvalue weighted by molar-refractivity contribution is -0.130. The number of amides is 1. The normalized spacial score (nSPS) is 17.9. The second-order valence-corrected chi connectivity index (χ2v) is 7.91. The average Bonchev–Trinajstić information content (AvgIpc) is 2.94. The molecule has 1 aliphatic heterocycles. The van der Waals surface area contributed by atoms with Gasteiger partial charge in [-0.05, 0) is 42.9 Å². The fourth-order valence-electron chi connectivity index (χ4n) is 2.97. The number of nitrogens with two attached hydrogens (primary N) is 1. The zero-order valence-electron chi connectivity index (χ0n) is 13.3. The number of aromatic carboxylic acids is 1. The molecule has 1 heterocycles. The van der Waals surface area contributed by atoms with Crippen molar-refractivity contribution >= 4 is 21.9 Å². The summed E-state index contributed by atoms with van der Waals surface area (Å²) in [5.74, 6) is -0.899. The highest BCUT2D eigenvalue weighted by Gasteiger charge is 2.26. The molecular weight excluding hydrogens is 332 g/mol. The number of carbonyl (C=O) groups is 2. The Labute approximate surface area is 141 Å². The maximum Gasteiger partial charge on any atom is 0.335 e. The van der Waals surface area contributed by atoms with Crippen LogP contribution in [0.2, 0.25) is 0 Å². The van der Waals surface area contributed by atoms with Crippen molar-refractivity contribution in [3.8, 4) is 0 Å². The number of carboxylic acid groups (broad SMARTS) is 1. The van der Waals surface area contributed by atoms with E-state index in [0.717, 1.165) is 18.4 Å². The summed E-state index contributed by atoms with van der Waals surface area (Å²) in [4.78, 5) is 24.8. The number of hydrogen-bond donors (Lipinski definition) is 2. The molecular formula is C16H22N2O5S. The summed E-state index contributed by atoms with van der Waals surface area (Å²) >= 11 is 0. The molecule has 24 heavy (non-hydrogen) atoms. The monoisotopic (exact) mass is 354 g/mol. The number of hydrogen-bond acceptors (Lipinski definition) is 4. The van der Waals surface area contributed by atoms with Crippen molar-refractivity contribution in [2.45, 2.75) is 25.7 Å². The Morgan fingerprint density at radius 1 is 1.33 bits per heavy atom. The minimum absolute atomic E-state index is 0.0552. The number of primary sulfonamides is 1. The van der Waals surface area contributed by atoms with E-state index in [1.165, 1.54) is 0 Å². The molecule has 0 radical (unpaired) electrons. The van der Waals surface area contributed by atoms with Crippen LogP contribution in [0.5, 0.6) is 0 Å². The Morgan fingerprint density at radius 3 is 2.75 bits per heavy atom. The van der Waals surface area contributed by atoms with Crippen LogP contribution in [-0.4, -0.2) is 49.1 Å². The highest BCUT2D eigenvalue weighted by atomic mass is 32.2. The predicted octanol–water partition coefficient (Wildman–Crippen LogP) is 0.845. The van der Waals surface area contributed by atoms with Crippen molar-refractivity contribution in [3.63, 3.8) is 0 Å². The minimum atomic E-state index is -3.52. The van der Waals surface area contributed by atoms with E-state index in [2.05, 4.69) is 0 Å². The molecule has 1 unspecified atom stereocenters. The number of sulfonamides is 1. The molecule has 132 valence electrons. The topological polar surface area (TPSA) is 118 Å². The van der Waals surface area contributed by atoms with E-state index in [0.29, 0.717) is 13.1 Å². The van der Waals surface area contributed by atoms with Crippen LogP contribution < -0.4 is 5.14 Å². The van der Waals surface area contributed by atoms with Gasteiger partial charge in [-0.15, -0.1) is 0 Å². The van der Waals surface area contributed by atoms with Crippen LogP contribution in [0.1, 0.15) is 35.2 Å². The Morgan fingerprint density at radius 2 is 2.08 bits per heavy atom. The van der Waals surface area contributed by atoms with Gasteiger partial charge >= 0.3 is 5.97 Å². The van der Waals surface area contributed by atoms with Crippen LogP contribution in [0.25, 0.3) is 0 Å². The Kier molecular flexibility index (Phi) is 5.95. The van der Waals surface area contributed by atoms with Gasteiger partial charge in [-0.2, -0.15) is 0 Å². The van der Waals surface area contributed by atoms with Crippen molar-refractivity contribution in [2.24, 2.45) is 11.1 Å². The van der Waals surface area contributed by atoms with Gasteiger partial charge < -0.3 is 10.0 Å². The lowest BCUT2D eigenvalue weighted by Gasteiger charge is -2.16. The van der Waals surface area contributed by atoms with E-state index in [1.54, 1.807) is 23.1 Å². The van der Waals surface area contributed by atoms with E-state index < -0.39 is 16.0 Å². The third kappa shape index (κ3) is 5.61. The first-order chi connectivity index (χ1) is 11.2. The Balaban J connectivity index is 1.83. The van der Waals surface area contributed by atoms with Gasteiger partial charge in [0.25, 0.3) is 0 Å². The molecule has 1 aromatic rings. The molecule has 1 fully saturated rings. The van der Waals surface area contributed by atoms with Gasteiger partial charge in [-0.25, -0.2) is 18.4 Å². The van der Waals surface area contributed by atoms with Gasteiger partial charge in [-0.1, -0.05) is 12.1 Å². The summed E-state index contributed by atoms with van der Waals surface area (Å²) in [5.41, 5.74) is 1.21. The van der Waals surface area contributed by atoms with Crippen molar-refractivity contribution in [2.75, 3.05) is 18.8 Å². The summed E-state index contributed by atoms with van der Waals surface area (Å²) in [6.45, 7) is 1.27. The molecule has 1 aliphatic rings. The molecule has 1 aromatic carbocycles. The van der Waals surface area contributed by atoms with Crippen molar-refractivity contribution in [1.29, 1.82) is 0 Å². The first kappa shape index (κ1) is 18.4. The summed E-state index contributed by atoms with van der Waals surface area (Å²) < 4.78 is 21.8. The summed E-state index contributed by atoms with van der Waals surface area (Å²) in [7, 11) is -3.52. The standard InChI is InChI=1S/C16H22N2O5S/c17-24(22,23)8-2-5-15(19)18-7-6-13(11-18)9-12-3-1-4-14(10-12)16(20)21/h1,3-4,10,13H,2,5-9,11H2,(H,20,21)(H2,17,22,23). The van der Waals surface area contributed by atoms with E-state index in [4.69, 9.17) is 10.2 Å². The predicted molar refractivity (Wildman–Crippen MR) is 89.0 cm³/mol. The van der Waals surface area contributed by atoms with Crippen molar-refractivity contribution < 1.29 is 23.1 Å². The summed E-state index contributed by atoms with van der Waals surface area (Å²) in [6.07, 6.45) is 2.00. The molecule has 2 rings (SSSR count). The Bertz CT molecular complexity index is 717. The first-order valence-electron chi connectivity index (χ1n) is 7.85. The largest absolute Gasteiger partial charge is 0.478 e. The highest BCUT2D eigenvalue weighted by Crippen LogP contribution is 2.22. The van der Waals surface area contributed by atoms with Gasteiger partial charge in [0.05, 0.1) is 11.3 Å². The number of nitrogens with zero attached hydrogens (tertiary/aromatic N) is 1. The van der Waals surface area contributed by atoms with E-state index in [1.807, 2.05) is 6.07 Å². The number of rotatable bonds is 7. The van der Waals surface area contributed by atoms with Gasteiger partial charge in [0.2, 0.25) is 15.9 Å². The van der Waals surface area contributed by atoms with Gasteiger partial charge in [-0.3, -0.25) is 4.79 Å². The zero-order valence-corrected chi connectivity index (χ0v) is 14.2. The SMILES string of the molecule is NS(=O)(=O)CCCC(=O)N1CCC(Cc2cccc(C(=O)O)c2)C1. The maximum atomic E-state index is 12.1. The van der Waals surface area contributed by atoms with Crippen molar-refractivity contribution in [1.82, 2.24) is 4.90 Å². The van der Waals surface area contributed by atoms with Crippen molar-refractivity contribution in [3.05, 3.63) is 35.4 Å². The lowest BCUT2D eigenvalue weighted by Crippen LogP contribution is -2.29. The zero-order chi connectivity index (χ0) is 17.7. The van der Waals surface area contributed by atoms with Gasteiger partial charge in [0.15, 0.2) is 0 Å². The summed E-state index contributed by atoms with van der Waals surface area (Å²) in [5, 5.41) is 13.9. The van der Waals surface area contributed by atoms with Crippen LogP contribution in [0.4, 0.5) is 0 Å². The third-order valence-electron chi connectivity index (χ3n) is 4.16. The van der Waals surface area contributed by atoms with Gasteiger partial charge in [0.1, 0.15) is 0 Å². The fourth-order valence-corrected chi connectivity index (χ4v) is 3.52. The summed E-state index contributed by atoms with van der Waals surface area (Å²) in [6, 6.07) is 6.84. The number of carboxylic acids is 1. The molecule has 0 aromatic heterocycles. The molecule has 1 amide bonds. The molecule has 1 saturated heterocycles. The first-order valence-corrected chi connectivity index (χ1v) is 9.56. The van der Waals surface area contributed by atoms with E-state index >= 15 is 0 Å². The van der Waals surface area contributed by atoms with E-state index in [-0.39, 0.29) is 36.0 Å². The lowest BCUT2D eigenvalue weighted by atomic mass is 9.97. The number of likely N-dealkylation sites (tertiary alicyclic amines) is 1. The molecule has 0 saturated carbocycles. The van der Waals surface area contributed by atoms with Gasteiger partial charge in [0, 0.05) is 19.5 Å². The molecule has 7 nitrogen and oxygen atoms in total. The second kappa shape index (κ2) is 7.76. The average molecular weight is 354 g/mol. The van der Waals surface area contributed by atoms with Crippen LogP contribution in [-0.2, 0) is 21.2 Å². The third-order valence-corrected chi connectivity index (χ3v) is 5.01. The van der Waals surface area contributed by atoms with Crippen LogP contribution >= 0.6 is 0 Å². The second-order valence-electron chi connectivity index (χ2n) is 6.17. The molecule has 0 spiro atoms. The van der Waals surface area contributed by atoms with Crippen LogP contribution in [0, 0.1) is 5.92 Å². The molecule has 0 bridgehead atoms. The quantitative estimate of drug-likeness (QED) is 0.752.